The molecule has 14 N–H and O–H groups in total. The molecule has 0 aliphatic rings. The molecule has 62 heavy (non-hydrogen) atoms. The minimum Gasteiger partial charge on any atom is -0.477 e. The van der Waals surface area contributed by atoms with Crippen LogP contribution in [0.4, 0.5) is 10.2 Å². The van der Waals surface area contributed by atoms with Crippen molar-refractivity contribution in [1.29, 1.82) is 0 Å². The van der Waals surface area contributed by atoms with Gasteiger partial charge in [0.2, 0.25) is 27.7 Å². The number of amides is 4. The van der Waals surface area contributed by atoms with Gasteiger partial charge in [0.1, 0.15) is 44.9 Å². The molecule has 4 aromatic heterocycles. The number of carboxylic acids is 1. The number of carbonyl (C=O) groups excluding carboxylic acids is 5. The molecule has 0 radical (unpaired) electrons. The summed E-state index contributed by atoms with van der Waals surface area (Å²) < 4.78 is 25.0. The van der Waals surface area contributed by atoms with E-state index in [-0.39, 0.29) is 49.1 Å². The minimum atomic E-state index is -3.22. The van der Waals surface area contributed by atoms with Gasteiger partial charge in [0, 0.05) is 24.3 Å². The van der Waals surface area contributed by atoms with Gasteiger partial charge in [-0.05, 0) is 94.0 Å². The Morgan fingerprint density at radius 3 is 1.44 bits per heavy atom. The monoisotopic (exact) mass is 1070 g/mol. The van der Waals surface area contributed by atoms with E-state index < -0.39 is 76.2 Å². The number of aromatic carboxylic acids is 1. The van der Waals surface area contributed by atoms with Crippen molar-refractivity contribution in [2.45, 2.75) is 25.9 Å². The summed E-state index contributed by atoms with van der Waals surface area (Å²) in [6, 6.07) is 3.41. The van der Waals surface area contributed by atoms with Crippen molar-refractivity contribution in [1.82, 2.24) is 39.9 Å². The number of nitrogens with zero attached hydrogens (tertiary/aromatic N) is 6. The summed E-state index contributed by atoms with van der Waals surface area (Å²) in [5, 5.41) is 6.89. The first-order valence-corrected chi connectivity index (χ1v) is 21.4. The number of H-pyrrole nitrogens is 2. The average molecular weight is 1080 g/mol. The molecule has 342 valence electrons. The van der Waals surface area contributed by atoms with E-state index in [0.717, 1.165) is 6.07 Å². The van der Waals surface area contributed by atoms with Crippen LogP contribution < -0.4 is 45.2 Å². The molecule has 0 aliphatic heterocycles. The summed E-state index contributed by atoms with van der Waals surface area (Å²) in [6.07, 6.45) is 0. The van der Waals surface area contributed by atoms with Crippen LogP contribution in [-0.2, 0) is 14.2 Å². The van der Waals surface area contributed by atoms with Gasteiger partial charge in [-0.2, -0.15) is 0 Å². The molecule has 0 saturated heterocycles. The van der Waals surface area contributed by atoms with Gasteiger partial charge >= 0.3 is 16.9 Å². The molecule has 0 saturated carbocycles. The molecule has 0 unspecified atom stereocenters. The van der Waals surface area contributed by atoms with Crippen LogP contribution in [0.3, 0.4) is 0 Å². The van der Waals surface area contributed by atoms with Crippen molar-refractivity contribution in [2.24, 2.45) is 28.7 Å². The SMILES string of the molecule is C[C@H](N)C(N)=O.C[C@H](Nc1cc(C(N)=O)nc(Cl)n1)C(N)=O.NC(=O)c1cc(Cl)nc(Cl)n1.O=C(Cl)c1cc(Cl)nc(Cl)n1.O=C(O)c1cc(=O)[nH]c(=O)[nH]1.O=P(Cl)(Cl)Cl.[2H]CF. The first kappa shape index (κ1) is 59.6. The lowest BCUT2D eigenvalue weighted by Crippen LogP contribution is -2.33. The Morgan fingerprint density at radius 2 is 1.11 bits per heavy atom. The van der Waals surface area contributed by atoms with Gasteiger partial charge < -0.3 is 44.1 Å². The molecule has 0 spiro atoms. The summed E-state index contributed by atoms with van der Waals surface area (Å²) in [5.41, 5.74) is 22.6. The number of rotatable bonds is 8. The van der Waals surface area contributed by atoms with Crippen molar-refractivity contribution in [3.05, 3.63) is 94.0 Å². The first-order valence-electron chi connectivity index (χ1n) is 15.4. The molecule has 35 heteroatoms. The van der Waals surface area contributed by atoms with Crippen LogP contribution >= 0.6 is 109 Å². The van der Waals surface area contributed by atoms with Gasteiger partial charge in [-0.25, -0.2) is 39.5 Å². The van der Waals surface area contributed by atoms with Crippen LogP contribution in [0, 0.1) is 0 Å². The number of halogens is 10. The molecule has 4 amide bonds. The number of carboxylic acid groups (broad SMARTS) is 1. The third kappa shape index (κ3) is 32.2. The molecule has 4 rings (SSSR count). The van der Waals surface area contributed by atoms with Gasteiger partial charge in [-0.1, -0.05) is 23.2 Å². The van der Waals surface area contributed by atoms with E-state index >= 15 is 0 Å². The molecule has 24 nitrogen and oxygen atoms in total. The Hall–Kier alpha value is -4.53. The Bertz CT molecular complexity index is 2230. The topological polar surface area (TPSA) is 425 Å². The number of alkyl halides is 1. The van der Waals surface area contributed by atoms with Crippen LogP contribution in [0.2, 0.25) is 26.2 Å². The number of aromatic amines is 2. The number of aromatic nitrogens is 8. The molecule has 2 atom stereocenters. The zero-order valence-electron chi connectivity index (χ0n) is 31.6. The molecule has 4 aromatic rings. The Kier molecular flexibility index (Phi) is 30.1. The van der Waals surface area contributed by atoms with E-state index in [1.165, 1.54) is 18.2 Å². The standard InChI is InChI=1S/C8H10ClN5O2.C5HCl3N2O.C5H3Cl2N3O.C5H4N2O4.C3H8N2O.CH3F.Cl3OP/c1-3(6(10)15)12-5-2-4(7(11)16)13-8(9)14-5;6-3-1-2(4(7)11)9-5(8)10-3;6-3-1-2(4(8)11)9-5(7)10-3;8-3-1-2(4(9)10)6-5(11)7-3;1-2(4)3(5)6;1-2;1-5(2,3)4/h2-3H,1H3,(H2,10,15)(H2,11,16)(H,12,13,14);1H;1H,(H2,8,11);1H,(H,9,10)(H2,6,7,8,11);2H,4H2,1H3,(H2,5,6);1H3;/t3-;;;;2-;;/m0...0../s1/i;;;;;1D;. The lowest BCUT2D eigenvalue weighted by Gasteiger charge is -2.10. The lowest BCUT2D eigenvalue weighted by atomic mass is 10.3. The van der Waals surface area contributed by atoms with E-state index in [2.05, 4.69) is 74.7 Å². The fourth-order valence-electron chi connectivity index (χ4n) is 2.50. The maximum Gasteiger partial charge on any atom is 0.352 e. The highest BCUT2D eigenvalue weighted by Gasteiger charge is 2.13. The normalized spacial score (nSPS) is 10.8. The van der Waals surface area contributed by atoms with Gasteiger partial charge in [0.15, 0.2) is 0 Å². The summed E-state index contributed by atoms with van der Waals surface area (Å²) in [5.74, 6) is -3.58. The molecule has 0 aliphatic carbocycles. The summed E-state index contributed by atoms with van der Waals surface area (Å²) in [6.45, 7) is 3.09. The van der Waals surface area contributed by atoms with Gasteiger partial charge in [0.25, 0.3) is 22.6 Å². The summed E-state index contributed by atoms with van der Waals surface area (Å²) >= 11 is 46.2. The van der Waals surface area contributed by atoms with Crippen LogP contribution in [0.1, 0.15) is 57.2 Å². The van der Waals surface area contributed by atoms with E-state index in [1.54, 1.807) is 13.8 Å². The lowest BCUT2D eigenvalue weighted by molar-refractivity contribution is -0.119. The fraction of sp³-hybridized carbons (Fsp3) is 0.185. The zero-order chi connectivity index (χ0) is 49.9. The molecule has 4 heterocycles. The zero-order valence-corrected chi connectivity index (χ0v) is 38.3. The average Bonchev–Trinajstić information content (AvgIpc) is 3.11. The Labute approximate surface area is 392 Å². The highest BCUT2D eigenvalue weighted by Crippen LogP contribution is 2.61. The van der Waals surface area contributed by atoms with Crippen LogP contribution in [-0.4, -0.2) is 99.1 Å². The molecule has 0 bridgehead atoms. The second-order valence-electron chi connectivity index (χ2n) is 9.76. The van der Waals surface area contributed by atoms with E-state index in [9.17, 15) is 47.3 Å². The van der Waals surface area contributed by atoms with Crippen molar-refractivity contribution < 1.29 is 44.2 Å². The maximum atomic E-state index is 10.9. The Balaban J connectivity index is -0.000000699. The van der Waals surface area contributed by atoms with Gasteiger partial charge in [-0.3, -0.25) is 42.7 Å². The van der Waals surface area contributed by atoms with E-state index in [1.807, 2.05) is 9.97 Å². The predicted octanol–water partition coefficient (Wildman–Crippen LogP) is 3.54. The summed E-state index contributed by atoms with van der Waals surface area (Å²) in [4.78, 5) is 109. The van der Waals surface area contributed by atoms with Crippen molar-refractivity contribution in [3.63, 3.8) is 0 Å². The van der Waals surface area contributed by atoms with E-state index in [0.29, 0.717) is 0 Å². The third-order valence-electron chi connectivity index (χ3n) is 4.97. The first-order chi connectivity index (χ1) is 28.7. The molecule has 0 fully saturated rings. The van der Waals surface area contributed by atoms with Gasteiger partial charge in [0.05, 0.1) is 14.6 Å². The van der Waals surface area contributed by atoms with Crippen LogP contribution in [0.25, 0.3) is 0 Å². The van der Waals surface area contributed by atoms with Crippen molar-refractivity contribution in [3.8, 4) is 0 Å². The predicted molar refractivity (Wildman–Crippen MR) is 230 cm³/mol. The number of nitrogens with one attached hydrogen (secondary N) is 3. The highest BCUT2D eigenvalue weighted by molar-refractivity contribution is 8.24. The third-order valence-corrected chi connectivity index (χ3v) is 6.06. The van der Waals surface area contributed by atoms with Crippen LogP contribution in [0.5, 0.6) is 0 Å². The number of hydrogen-bond donors (Lipinski definition) is 9. The molecular weight excluding hydrogens is 1050 g/mol. The number of nitrogens with two attached hydrogens (primary N) is 5. The smallest absolute Gasteiger partial charge is 0.352 e. The Morgan fingerprint density at radius 1 is 0.742 bits per heavy atom. The maximum absolute atomic E-state index is 10.9. The van der Waals surface area contributed by atoms with Crippen molar-refractivity contribution >= 4 is 149 Å². The fourth-order valence-corrected chi connectivity index (χ4v) is 3.60. The molecular formula is C27H29Cl9FN14O10P. The van der Waals surface area contributed by atoms with Gasteiger partial charge in [-0.15, -0.1) is 0 Å². The minimum absolute atomic E-state index is 0.00309. The highest BCUT2D eigenvalue weighted by atomic mass is 36.0. The van der Waals surface area contributed by atoms with E-state index in [4.69, 9.17) is 99.0 Å². The molecule has 0 aromatic carbocycles. The number of anilines is 1. The second kappa shape index (κ2) is 31.3. The number of carbonyl (C=O) groups is 6. The largest absolute Gasteiger partial charge is 0.477 e. The quantitative estimate of drug-likeness (QED) is 0.0527. The second-order valence-corrected chi connectivity index (χ2v) is 18.5. The van der Waals surface area contributed by atoms with Crippen molar-refractivity contribution in [2.75, 3.05) is 12.5 Å². The number of hydrogen-bond acceptors (Lipinski definition) is 17. The number of primary amides is 4. The van der Waals surface area contributed by atoms with Crippen LogP contribution in [0.15, 0.2) is 33.9 Å². The summed E-state index contributed by atoms with van der Waals surface area (Å²) in [7, 11) is -1.00.